The Balaban J connectivity index is 1.99. The lowest BCUT2D eigenvalue weighted by Gasteiger charge is -2.06. The van der Waals surface area contributed by atoms with Crippen LogP contribution in [0.4, 0.5) is 0 Å². The van der Waals surface area contributed by atoms with Crippen molar-refractivity contribution in [2.24, 2.45) is 0 Å². The zero-order valence-corrected chi connectivity index (χ0v) is 11.9. The molecule has 0 fully saturated rings. The van der Waals surface area contributed by atoms with E-state index in [2.05, 4.69) is 9.97 Å². The molecule has 1 heterocycles. The molecule has 0 saturated carbocycles. The number of hydrogen-bond acceptors (Lipinski definition) is 4. The second-order valence-corrected chi connectivity index (χ2v) is 4.71. The van der Waals surface area contributed by atoms with Gasteiger partial charge in [-0.05, 0) is 6.07 Å². The van der Waals surface area contributed by atoms with E-state index in [1.54, 1.807) is 26.4 Å². The summed E-state index contributed by atoms with van der Waals surface area (Å²) in [7, 11) is 3.20. The van der Waals surface area contributed by atoms with Gasteiger partial charge in [0.1, 0.15) is 11.6 Å². The fourth-order valence-corrected chi connectivity index (χ4v) is 2.31. The summed E-state index contributed by atoms with van der Waals surface area (Å²) in [6, 6.07) is 10.9. The van der Waals surface area contributed by atoms with Crippen LogP contribution in [0.25, 0.3) is 11.0 Å². The minimum absolute atomic E-state index is 0.271. The lowest BCUT2D eigenvalue weighted by Crippen LogP contribution is -1.90. The van der Waals surface area contributed by atoms with E-state index in [1.165, 1.54) is 0 Å². The Hall–Kier alpha value is -2.69. The van der Waals surface area contributed by atoms with Gasteiger partial charge in [0.05, 0.1) is 25.3 Å². The fourth-order valence-electron chi connectivity index (χ4n) is 2.31. The summed E-state index contributed by atoms with van der Waals surface area (Å²) in [5, 5.41) is 9.83. The lowest BCUT2D eigenvalue weighted by atomic mass is 10.1. The third-order valence-corrected chi connectivity index (χ3v) is 3.39. The molecule has 0 aliphatic rings. The average molecular weight is 284 g/mol. The molecular formula is C16H16N2O3. The van der Waals surface area contributed by atoms with E-state index >= 15 is 0 Å². The molecule has 3 aromatic rings. The number of phenols is 1. The maximum Gasteiger partial charge on any atom is 0.163 e. The number of nitrogens with one attached hydrogen (secondary N) is 1. The number of aromatic amines is 1. The molecule has 0 atom stereocenters. The van der Waals surface area contributed by atoms with E-state index in [-0.39, 0.29) is 5.75 Å². The number of imidazole rings is 1. The van der Waals surface area contributed by atoms with Crippen LogP contribution >= 0.6 is 0 Å². The first kappa shape index (κ1) is 13.3. The summed E-state index contributed by atoms with van der Waals surface area (Å²) in [5.74, 6) is 2.35. The highest BCUT2D eigenvalue weighted by Crippen LogP contribution is 2.31. The Morgan fingerprint density at radius 3 is 2.52 bits per heavy atom. The van der Waals surface area contributed by atoms with Crippen molar-refractivity contribution in [2.45, 2.75) is 6.42 Å². The Kier molecular flexibility index (Phi) is 3.39. The molecule has 2 aromatic carbocycles. The zero-order chi connectivity index (χ0) is 14.8. The van der Waals surface area contributed by atoms with Crippen LogP contribution in [0.5, 0.6) is 17.2 Å². The number of rotatable bonds is 4. The summed E-state index contributed by atoms with van der Waals surface area (Å²) >= 11 is 0. The summed E-state index contributed by atoms with van der Waals surface area (Å²) in [4.78, 5) is 7.77. The topological polar surface area (TPSA) is 67.4 Å². The molecule has 0 aliphatic carbocycles. The number of H-pyrrole nitrogens is 1. The fraction of sp³-hybridized carbons (Fsp3) is 0.188. The number of benzene rings is 2. The molecule has 5 nitrogen and oxygen atoms in total. The summed E-state index contributed by atoms with van der Waals surface area (Å²) in [6.45, 7) is 0. The van der Waals surface area contributed by atoms with E-state index in [4.69, 9.17) is 9.47 Å². The number of para-hydroxylation sites is 1. The van der Waals surface area contributed by atoms with Crippen molar-refractivity contribution in [3.05, 3.63) is 47.8 Å². The number of hydrogen-bond donors (Lipinski definition) is 2. The van der Waals surface area contributed by atoms with Gasteiger partial charge in [0.2, 0.25) is 0 Å². The van der Waals surface area contributed by atoms with Crippen molar-refractivity contribution in [3.8, 4) is 17.2 Å². The molecule has 3 rings (SSSR count). The standard InChI is InChI=1S/C16H16N2O3/c1-20-14-8-11-12(9-15(14)21-2)18-16(17-11)7-10-5-3-4-6-13(10)19/h3-6,8-9,19H,7H2,1-2H3,(H,17,18). The molecular weight excluding hydrogens is 268 g/mol. The first-order valence-corrected chi connectivity index (χ1v) is 6.58. The molecule has 108 valence electrons. The maximum atomic E-state index is 9.83. The number of aromatic nitrogens is 2. The van der Waals surface area contributed by atoms with Gasteiger partial charge in [-0.2, -0.15) is 0 Å². The van der Waals surface area contributed by atoms with E-state index in [9.17, 15) is 5.11 Å². The van der Waals surface area contributed by atoms with Gasteiger partial charge in [-0.3, -0.25) is 0 Å². The lowest BCUT2D eigenvalue weighted by molar-refractivity contribution is 0.356. The molecule has 0 aliphatic heterocycles. The maximum absolute atomic E-state index is 9.83. The molecule has 0 unspecified atom stereocenters. The van der Waals surface area contributed by atoms with Gasteiger partial charge in [0.25, 0.3) is 0 Å². The van der Waals surface area contributed by atoms with Gasteiger partial charge in [-0.1, -0.05) is 18.2 Å². The van der Waals surface area contributed by atoms with Crippen LogP contribution in [0.15, 0.2) is 36.4 Å². The zero-order valence-electron chi connectivity index (χ0n) is 11.9. The van der Waals surface area contributed by atoms with Gasteiger partial charge in [-0.25, -0.2) is 4.98 Å². The molecule has 0 amide bonds. The summed E-state index contributed by atoms with van der Waals surface area (Å²) in [6.07, 6.45) is 0.534. The number of nitrogens with zero attached hydrogens (tertiary/aromatic N) is 1. The van der Waals surface area contributed by atoms with Crippen LogP contribution in [0.1, 0.15) is 11.4 Å². The molecule has 1 aromatic heterocycles. The normalized spacial score (nSPS) is 10.8. The van der Waals surface area contributed by atoms with Crippen molar-refractivity contribution >= 4 is 11.0 Å². The number of aromatic hydroxyl groups is 1. The van der Waals surface area contributed by atoms with Crippen LogP contribution < -0.4 is 9.47 Å². The van der Waals surface area contributed by atoms with E-state index in [1.807, 2.05) is 24.3 Å². The van der Waals surface area contributed by atoms with Crippen LogP contribution in [-0.4, -0.2) is 29.3 Å². The number of methoxy groups -OCH3 is 2. The highest BCUT2D eigenvalue weighted by Gasteiger charge is 2.11. The summed E-state index contributed by atoms with van der Waals surface area (Å²) < 4.78 is 10.6. The van der Waals surface area contributed by atoms with Crippen LogP contribution in [0.2, 0.25) is 0 Å². The predicted octanol–water partition coefficient (Wildman–Crippen LogP) is 2.88. The van der Waals surface area contributed by atoms with Crippen LogP contribution in [-0.2, 0) is 6.42 Å². The minimum Gasteiger partial charge on any atom is -0.508 e. The van der Waals surface area contributed by atoms with Crippen molar-refractivity contribution in [1.29, 1.82) is 0 Å². The highest BCUT2D eigenvalue weighted by atomic mass is 16.5. The highest BCUT2D eigenvalue weighted by molar-refractivity contribution is 5.79. The van der Waals surface area contributed by atoms with E-state index in [0.29, 0.717) is 17.9 Å². The second kappa shape index (κ2) is 5.36. The first-order valence-electron chi connectivity index (χ1n) is 6.58. The molecule has 5 heteroatoms. The number of ether oxygens (including phenoxy) is 2. The molecule has 0 bridgehead atoms. The minimum atomic E-state index is 0.271. The molecule has 0 saturated heterocycles. The van der Waals surface area contributed by atoms with Crippen molar-refractivity contribution in [3.63, 3.8) is 0 Å². The second-order valence-electron chi connectivity index (χ2n) is 4.71. The van der Waals surface area contributed by atoms with Crippen LogP contribution in [0, 0.1) is 0 Å². The SMILES string of the molecule is COc1cc2nc(Cc3ccccc3O)[nH]c2cc1OC. The molecule has 0 spiro atoms. The Morgan fingerprint density at radius 2 is 1.81 bits per heavy atom. The van der Waals surface area contributed by atoms with Crippen molar-refractivity contribution in [1.82, 2.24) is 9.97 Å². The Labute approximate surface area is 122 Å². The van der Waals surface area contributed by atoms with E-state index < -0.39 is 0 Å². The van der Waals surface area contributed by atoms with Crippen molar-refractivity contribution in [2.75, 3.05) is 14.2 Å². The first-order chi connectivity index (χ1) is 10.2. The van der Waals surface area contributed by atoms with Gasteiger partial charge in [-0.15, -0.1) is 0 Å². The predicted molar refractivity (Wildman–Crippen MR) is 80.1 cm³/mol. The monoisotopic (exact) mass is 284 g/mol. The van der Waals surface area contributed by atoms with E-state index in [0.717, 1.165) is 22.4 Å². The van der Waals surface area contributed by atoms with Gasteiger partial charge in [0.15, 0.2) is 11.5 Å². The Morgan fingerprint density at radius 1 is 1.10 bits per heavy atom. The third-order valence-electron chi connectivity index (χ3n) is 3.39. The van der Waals surface area contributed by atoms with Gasteiger partial charge < -0.3 is 19.6 Å². The third kappa shape index (κ3) is 2.50. The van der Waals surface area contributed by atoms with Gasteiger partial charge >= 0.3 is 0 Å². The molecule has 21 heavy (non-hydrogen) atoms. The molecule has 2 N–H and O–H groups in total. The van der Waals surface area contributed by atoms with Crippen molar-refractivity contribution < 1.29 is 14.6 Å². The van der Waals surface area contributed by atoms with Gasteiger partial charge in [0, 0.05) is 24.1 Å². The number of phenolic OH excluding ortho intramolecular Hbond substituents is 1. The average Bonchev–Trinajstić information content (AvgIpc) is 2.89. The number of fused-ring (bicyclic) bond motifs is 1. The largest absolute Gasteiger partial charge is 0.508 e. The smallest absolute Gasteiger partial charge is 0.163 e. The van der Waals surface area contributed by atoms with Crippen LogP contribution in [0.3, 0.4) is 0 Å². The molecule has 0 radical (unpaired) electrons. The Bertz CT molecular complexity index is 739. The quantitative estimate of drug-likeness (QED) is 0.773. The summed E-state index contributed by atoms with van der Waals surface area (Å²) in [5.41, 5.74) is 2.51.